The largest absolute Gasteiger partial charge is 0.493 e. The quantitative estimate of drug-likeness (QED) is 0.812. The maximum Gasteiger partial charge on any atom is 0.307 e. The number of carbonyl (C=O) groups is 2. The first-order valence-corrected chi connectivity index (χ1v) is 10.6. The molecule has 2 aliphatic carbocycles. The van der Waals surface area contributed by atoms with Crippen LogP contribution in [0.1, 0.15) is 46.9 Å². The van der Waals surface area contributed by atoms with Gasteiger partial charge in [0.05, 0.1) is 19.1 Å². The molecule has 156 valence electrons. The lowest BCUT2D eigenvalue weighted by Gasteiger charge is -2.05. The average Bonchev–Trinajstić information content (AvgIpc) is 3.60. The third-order valence-corrected chi connectivity index (χ3v) is 6.62. The molecule has 0 bridgehead atoms. The number of fused-ring (bicyclic) bond motifs is 2. The number of benzene rings is 2. The van der Waals surface area contributed by atoms with Gasteiger partial charge in [-0.1, -0.05) is 24.3 Å². The third-order valence-electron chi connectivity index (χ3n) is 6.62. The lowest BCUT2D eigenvalue weighted by Crippen LogP contribution is -2.13. The number of hydrogen-bond acceptors (Lipinski definition) is 4. The van der Waals surface area contributed by atoms with Crippen molar-refractivity contribution in [2.45, 2.75) is 37.5 Å². The van der Waals surface area contributed by atoms with Crippen LogP contribution in [0.4, 0.5) is 0 Å². The summed E-state index contributed by atoms with van der Waals surface area (Å²) in [5.74, 6) is 1.55. The molecular weight excluding hydrogens is 382 g/mol. The molecule has 2 aromatic carbocycles. The van der Waals surface area contributed by atoms with E-state index in [4.69, 9.17) is 20.3 Å². The van der Waals surface area contributed by atoms with Gasteiger partial charge in [0.25, 0.3) is 0 Å². The second-order valence-electron chi connectivity index (χ2n) is 8.48. The van der Waals surface area contributed by atoms with E-state index >= 15 is 0 Å². The zero-order valence-corrected chi connectivity index (χ0v) is 16.7. The maximum absolute atomic E-state index is 11.0. The molecule has 1 amide bonds. The van der Waals surface area contributed by atoms with Crippen LogP contribution in [0, 0.1) is 11.8 Å². The Kier molecular flexibility index (Phi) is 4.65. The highest BCUT2D eigenvalue weighted by Gasteiger charge is 2.46. The van der Waals surface area contributed by atoms with Crippen LogP contribution >= 0.6 is 0 Å². The molecule has 2 aromatic rings. The van der Waals surface area contributed by atoms with E-state index in [2.05, 4.69) is 6.07 Å². The van der Waals surface area contributed by atoms with Gasteiger partial charge in [-0.2, -0.15) is 0 Å². The van der Waals surface area contributed by atoms with Crippen molar-refractivity contribution in [1.29, 1.82) is 0 Å². The molecule has 0 saturated heterocycles. The maximum atomic E-state index is 11.0. The summed E-state index contributed by atoms with van der Waals surface area (Å²) < 4.78 is 11.0. The highest BCUT2D eigenvalue weighted by Crippen LogP contribution is 2.51. The molecule has 3 N–H and O–H groups in total. The predicted molar refractivity (Wildman–Crippen MR) is 110 cm³/mol. The highest BCUT2D eigenvalue weighted by molar-refractivity contribution is 5.81. The van der Waals surface area contributed by atoms with Crippen molar-refractivity contribution in [2.24, 2.45) is 17.6 Å². The molecule has 2 fully saturated rings. The minimum Gasteiger partial charge on any atom is -0.493 e. The van der Waals surface area contributed by atoms with Crippen LogP contribution < -0.4 is 15.2 Å². The van der Waals surface area contributed by atoms with Crippen LogP contribution in [0.3, 0.4) is 0 Å². The van der Waals surface area contributed by atoms with E-state index in [0.717, 1.165) is 50.4 Å². The second-order valence-corrected chi connectivity index (χ2v) is 8.48. The Morgan fingerprint density at radius 2 is 1.33 bits per heavy atom. The predicted octanol–water partition coefficient (Wildman–Crippen LogP) is 3.02. The molecule has 4 atom stereocenters. The monoisotopic (exact) mass is 407 g/mol. The standard InChI is InChI=1S/C12H13NO2.C12H12O3/c2*13-12(14)10-6-9(10)7-2-1-3-11-8(7)4-5-15-11/h1-3,9-10H,4-6H2,(H2,13,14);1-3,9-10H,4-6H2,(H,13,14)/t2*9-,10?/m11/s1. The summed E-state index contributed by atoms with van der Waals surface area (Å²) in [5, 5.41) is 8.90. The van der Waals surface area contributed by atoms with Crippen LogP contribution in [0.25, 0.3) is 0 Å². The minimum atomic E-state index is -0.670. The number of hydrogen-bond donors (Lipinski definition) is 2. The zero-order chi connectivity index (χ0) is 20.8. The van der Waals surface area contributed by atoms with E-state index in [1.54, 1.807) is 0 Å². The first kappa shape index (κ1) is 19.0. The molecule has 6 nitrogen and oxygen atoms in total. The topological polar surface area (TPSA) is 98.9 Å². The molecule has 30 heavy (non-hydrogen) atoms. The SMILES string of the molecule is NC(=O)C1C[C@@H]1c1cccc2c1CCO2.O=C(O)C1C[C@@H]1c1cccc2c1CCO2. The number of carbonyl (C=O) groups excluding carboxylic acids is 1. The van der Waals surface area contributed by atoms with Gasteiger partial charge in [-0.3, -0.25) is 9.59 Å². The molecule has 2 unspecified atom stereocenters. The summed E-state index contributed by atoms with van der Waals surface area (Å²) in [7, 11) is 0. The normalized spacial score (nSPS) is 26.9. The second kappa shape index (κ2) is 7.35. The van der Waals surface area contributed by atoms with Gasteiger partial charge < -0.3 is 20.3 Å². The molecule has 2 aliphatic heterocycles. The van der Waals surface area contributed by atoms with Crippen LogP contribution in [0.5, 0.6) is 11.5 Å². The Hall–Kier alpha value is -3.02. The molecule has 4 aliphatic rings. The first-order valence-electron chi connectivity index (χ1n) is 10.6. The molecule has 6 rings (SSSR count). The van der Waals surface area contributed by atoms with Gasteiger partial charge in [0.15, 0.2) is 0 Å². The number of primary amides is 1. The highest BCUT2D eigenvalue weighted by atomic mass is 16.5. The van der Waals surface area contributed by atoms with Crippen LogP contribution in [0.2, 0.25) is 0 Å². The minimum absolute atomic E-state index is 0.0529. The average molecular weight is 407 g/mol. The number of carboxylic acid groups (broad SMARTS) is 1. The summed E-state index contributed by atoms with van der Waals surface area (Å²) in [6.45, 7) is 1.50. The van der Waals surface area contributed by atoms with Gasteiger partial charge in [0.2, 0.25) is 5.91 Å². The van der Waals surface area contributed by atoms with Gasteiger partial charge in [-0.15, -0.1) is 0 Å². The summed E-state index contributed by atoms with van der Waals surface area (Å²) in [4.78, 5) is 21.9. The number of rotatable bonds is 4. The number of ether oxygens (including phenoxy) is 2. The smallest absolute Gasteiger partial charge is 0.307 e. The molecule has 2 heterocycles. The molecule has 2 saturated carbocycles. The molecule has 0 spiro atoms. The fourth-order valence-electron chi connectivity index (χ4n) is 4.86. The van der Waals surface area contributed by atoms with Crippen molar-refractivity contribution in [1.82, 2.24) is 0 Å². The van der Waals surface area contributed by atoms with Crippen molar-refractivity contribution >= 4 is 11.9 Å². The van der Waals surface area contributed by atoms with Crippen LogP contribution in [0.15, 0.2) is 36.4 Å². The van der Waals surface area contributed by atoms with E-state index < -0.39 is 5.97 Å². The van der Waals surface area contributed by atoms with Gasteiger partial charge in [-0.25, -0.2) is 0 Å². The summed E-state index contributed by atoms with van der Waals surface area (Å²) in [6.07, 6.45) is 3.58. The van der Waals surface area contributed by atoms with Crippen molar-refractivity contribution in [3.8, 4) is 11.5 Å². The summed E-state index contributed by atoms with van der Waals surface area (Å²) in [5.41, 5.74) is 10.3. The van der Waals surface area contributed by atoms with Gasteiger partial charge >= 0.3 is 5.97 Å². The molecule has 0 aromatic heterocycles. The zero-order valence-electron chi connectivity index (χ0n) is 16.7. The Morgan fingerprint density at radius 3 is 1.77 bits per heavy atom. The third kappa shape index (κ3) is 3.40. The van der Waals surface area contributed by atoms with E-state index in [0.29, 0.717) is 5.92 Å². The van der Waals surface area contributed by atoms with Crippen molar-refractivity contribution in [3.63, 3.8) is 0 Å². The Balaban J connectivity index is 0.000000128. The summed E-state index contributed by atoms with van der Waals surface area (Å²) in [6, 6.07) is 12.0. The van der Waals surface area contributed by atoms with Crippen LogP contribution in [-0.2, 0) is 22.4 Å². The fourth-order valence-corrected chi connectivity index (χ4v) is 4.86. The van der Waals surface area contributed by atoms with E-state index in [9.17, 15) is 9.59 Å². The lowest BCUT2D eigenvalue weighted by molar-refractivity contribution is -0.138. The molecule has 6 heteroatoms. The number of aliphatic carboxylic acids is 1. The van der Waals surface area contributed by atoms with E-state index in [1.165, 1.54) is 22.3 Å². The molecule has 0 radical (unpaired) electrons. The number of amides is 1. The number of nitrogens with two attached hydrogens (primary N) is 1. The van der Waals surface area contributed by atoms with Crippen molar-refractivity contribution in [2.75, 3.05) is 13.2 Å². The summed E-state index contributed by atoms with van der Waals surface area (Å²) >= 11 is 0. The Labute approximate surface area is 175 Å². The van der Waals surface area contributed by atoms with Gasteiger partial charge in [-0.05, 0) is 47.9 Å². The van der Waals surface area contributed by atoms with Crippen molar-refractivity contribution < 1.29 is 24.2 Å². The van der Waals surface area contributed by atoms with E-state index in [1.807, 2.05) is 30.3 Å². The molecular formula is C24H25NO5. The van der Waals surface area contributed by atoms with Crippen molar-refractivity contribution in [3.05, 3.63) is 58.7 Å². The first-order chi connectivity index (χ1) is 14.5. The van der Waals surface area contributed by atoms with Crippen LogP contribution in [-0.4, -0.2) is 30.2 Å². The fraction of sp³-hybridized carbons (Fsp3) is 0.417. The Bertz CT molecular complexity index is 935. The van der Waals surface area contributed by atoms with E-state index in [-0.39, 0.29) is 23.7 Å². The number of carboxylic acids is 1. The van der Waals surface area contributed by atoms with Gasteiger partial charge in [0.1, 0.15) is 11.5 Å². The Morgan fingerprint density at radius 1 is 0.833 bits per heavy atom. The van der Waals surface area contributed by atoms with Gasteiger partial charge in [0, 0.05) is 29.9 Å². The lowest BCUT2D eigenvalue weighted by atomic mass is 10.00.